The second-order valence-electron chi connectivity index (χ2n) is 1.73. The molecule has 0 aromatic heterocycles. The minimum absolute atomic E-state index is 0. The van der Waals surface area contributed by atoms with E-state index in [0.29, 0.717) is 6.42 Å². The molecule has 0 rings (SSSR count). The molecule has 0 saturated carbocycles. The first-order valence-corrected chi connectivity index (χ1v) is 4.05. The number of carboxylic acids is 1. The van der Waals surface area contributed by atoms with Crippen molar-refractivity contribution in [3.63, 3.8) is 0 Å². The summed E-state index contributed by atoms with van der Waals surface area (Å²) in [7, 11) is 0. The van der Waals surface area contributed by atoms with Gasteiger partial charge in [-0.2, -0.15) is 11.8 Å². The second-order valence-corrected chi connectivity index (χ2v) is 2.71. The Balaban J connectivity index is 0. The average Bonchev–Trinajstić information content (AvgIpc) is 1.82. The van der Waals surface area contributed by atoms with Crippen molar-refractivity contribution in [1.82, 2.24) is 0 Å². The maximum atomic E-state index is 10.1. The first-order chi connectivity index (χ1) is 4.18. The van der Waals surface area contributed by atoms with E-state index in [-0.39, 0.29) is 17.1 Å². The van der Waals surface area contributed by atoms with Crippen LogP contribution in [0.4, 0.5) is 0 Å². The molecule has 10 heavy (non-hydrogen) atoms. The quantitative estimate of drug-likeness (QED) is 0.641. The Hall–Kier alpha value is 0.299. The van der Waals surface area contributed by atoms with Gasteiger partial charge in [-0.05, 0) is 18.4 Å². The Labute approximate surface area is 75.2 Å². The first-order valence-electron chi connectivity index (χ1n) is 2.65. The van der Waals surface area contributed by atoms with Crippen molar-refractivity contribution in [2.45, 2.75) is 12.5 Å². The van der Waals surface area contributed by atoms with Gasteiger partial charge in [0.1, 0.15) is 6.04 Å². The molecule has 0 bridgehead atoms. The summed E-state index contributed by atoms with van der Waals surface area (Å²) in [6.45, 7) is 0. The van der Waals surface area contributed by atoms with Gasteiger partial charge in [-0.15, -0.1) is 0 Å². The van der Waals surface area contributed by atoms with E-state index in [2.05, 4.69) is 0 Å². The van der Waals surface area contributed by atoms with E-state index in [9.17, 15) is 4.79 Å². The van der Waals surface area contributed by atoms with Gasteiger partial charge in [0.15, 0.2) is 0 Å². The monoisotopic (exact) mass is 205 g/mol. The van der Waals surface area contributed by atoms with Gasteiger partial charge in [0, 0.05) is 0 Å². The fourth-order valence-corrected chi connectivity index (χ4v) is 0.858. The number of nitrogens with two attached hydrogens (primary N) is 1. The first kappa shape index (κ1) is 12.9. The molecule has 0 aromatic rings. The van der Waals surface area contributed by atoms with Gasteiger partial charge in [-0.3, -0.25) is 4.79 Å². The molecule has 0 aliphatic carbocycles. The molecule has 1 unspecified atom stereocenters. The molecule has 0 spiro atoms. The Morgan fingerprint density at radius 1 is 1.80 bits per heavy atom. The number of rotatable bonds is 4. The van der Waals surface area contributed by atoms with E-state index < -0.39 is 12.0 Å². The zero-order valence-corrected chi connectivity index (χ0v) is 7.61. The SMILES string of the molecule is CSCCC(N)C(=O)O.[Fe+2]. The molecule has 0 aromatic carbocycles. The fraction of sp³-hybridized carbons (Fsp3) is 0.800. The Morgan fingerprint density at radius 3 is 2.60 bits per heavy atom. The number of thioether (sulfide) groups is 1. The Morgan fingerprint density at radius 2 is 2.30 bits per heavy atom. The van der Waals surface area contributed by atoms with Gasteiger partial charge < -0.3 is 10.8 Å². The van der Waals surface area contributed by atoms with Gasteiger partial charge in [-0.1, -0.05) is 0 Å². The summed E-state index contributed by atoms with van der Waals surface area (Å²) in [5.41, 5.74) is 5.19. The smallest absolute Gasteiger partial charge is 0.480 e. The van der Waals surface area contributed by atoms with Crippen molar-refractivity contribution in [3.8, 4) is 0 Å². The maximum Gasteiger partial charge on any atom is 2.00 e. The molecule has 5 heteroatoms. The Kier molecular flexibility index (Phi) is 9.58. The van der Waals surface area contributed by atoms with Crippen LogP contribution in [0.3, 0.4) is 0 Å². The summed E-state index contributed by atoms with van der Waals surface area (Å²) >= 11 is 1.60. The molecule has 3 N–H and O–H groups in total. The molecule has 0 aliphatic rings. The summed E-state index contributed by atoms with van der Waals surface area (Å²) in [6, 6.07) is -0.683. The van der Waals surface area contributed by atoms with Gasteiger partial charge in [-0.25, -0.2) is 0 Å². The number of carboxylic acid groups (broad SMARTS) is 1. The van der Waals surface area contributed by atoms with Crippen LogP contribution >= 0.6 is 11.8 Å². The van der Waals surface area contributed by atoms with Crippen LogP contribution in [0.2, 0.25) is 0 Å². The minimum Gasteiger partial charge on any atom is -0.480 e. The van der Waals surface area contributed by atoms with E-state index >= 15 is 0 Å². The maximum absolute atomic E-state index is 10.1. The molecule has 3 nitrogen and oxygen atoms in total. The minimum atomic E-state index is -0.913. The van der Waals surface area contributed by atoms with Crippen molar-refractivity contribution >= 4 is 17.7 Å². The summed E-state index contributed by atoms with van der Waals surface area (Å²) in [4.78, 5) is 10.1. The number of hydrogen-bond donors (Lipinski definition) is 2. The van der Waals surface area contributed by atoms with Crippen molar-refractivity contribution < 1.29 is 27.0 Å². The predicted molar refractivity (Wildman–Crippen MR) is 38.6 cm³/mol. The van der Waals surface area contributed by atoms with Gasteiger partial charge in [0.05, 0.1) is 0 Å². The van der Waals surface area contributed by atoms with Crippen molar-refractivity contribution in [2.24, 2.45) is 5.73 Å². The number of carbonyl (C=O) groups is 1. The molecule has 0 fully saturated rings. The average molecular weight is 205 g/mol. The molecular weight excluding hydrogens is 194 g/mol. The normalized spacial score (nSPS) is 11.8. The molecular formula is C5H11FeNO2S+2. The van der Waals surface area contributed by atoms with Crippen LogP contribution in [-0.2, 0) is 21.9 Å². The van der Waals surface area contributed by atoms with Crippen LogP contribution in [-0.4, -0.2) is 29.1 Å². The second kappa shape index (κ2) is 7.41. The third-order valence-electron chi connectivity index (χ3n) is 0.950. The molecule has 0 radical (unpaired) electrons. The predicted octanol–water partition coefficient (Wildman–Crippen LogP) is 0.149. The van der Waals surface area contributed by atoms with Crippen LogP contribution in [0.5, 0.6) is 0 Å². The van der Waals surface area contributed by atoms with Gasteiger partial charge in [0.2, 0.25) is 0 Å². The standard InChI is InChI=1S/C5H11NO2S.Fe/c1-9-3-2-4(6)5(7)8;/h4H,2-3,6H2,1H3,(H,7,8);/q;+2. The number of aliphatic carboxylic acids is 1. The summed E-state index contributed by atoms with van der Waals surface area (Å²) in [6.07, 6.45) is 2.48. The fourth-order valence-electron chi connectivity index (χ4n) is 0.368. The molecule has 0 heterocycles. The molecule has 0 aliphatic heterocycles. The molecule has 0 saturated heterocycles. The van der Waals surface area contributed by atoms with Crippen molar-refractivity contribution in [2.75, 3.05) is 12.0 Å². The molecule has 0 amide bonds. The van der Waals surface area contributed by atoms with E-state index in [1.807, 2.05) is 6.26 Å². The van der Waals surface area contributed by atoms with E-state index in [0.717, 1.165) is 5.75 Å². The summed E-state index contributed by atoms with van der Waals surface area (Å²) in [5, 5.41) is 8.27. The molecule has 1 atom stereocenters. The zero-order chi connectivity index (χ0) is 7.28. The third kappa shape index (κ3) is 6.42. The van der Waals surface area contributed by atoms with E-state index in [1.165, 1.54) is 0 Å². The topological polar surface area (TPSA) is 63.3 Å². The van der Waals surface area contributed by atoms with Crippen LogP contribution in [0.15, 0.2) is 0 Å². The largest absolute Gasteiger partial charge is 2.00 e. The summed E-state index contributed by atoms with van der Waals surface area (Å²) < 4.78 is 0. The zero-order valence-electron chi connectivity index (χ0n) is 5.69. The van der Waals surface area contributed by atoms with Crippen LogP contribution in [0, 0.1) is 0 Å². The number of hydrogen-bond acceptors (Lipinski definition) is 3. The third-order valence-corrected chi connectivity index (χ3v) is 1.59. The summed E-state index contributed by atoms with van der Waals surface area (Å²) in [5.74, 6) is -0.1000. The van der Waals surface area contributed by atoms with Crippen molar-refractivity contribution in [3.05, 3.63) is 0 Å². The van der Waals surface area contributed by atoms with Gasteiger partial charge >= 0.3 is 23.0 Å². The van der Waals surface area contributed by atoms with E-state index in [1.54, 1.807) is 11.8 Å². The Bertz CT molecular complexity index is 102. The molecule has 60 valence electrons. The van der Waals surface area contributed by atoms with Crippen LogP contribution in [0.1, 0.15) is 6.42 Å². The van der Waals surface area contributed by atoms with Crippen LogP contribution < -0.4 is 5.73 Å². The van der Waals surface area contributed by atoms with E-state index in [4.69, 9.17) is 10.8 Å². The van der Waals surface area contributed by atoms with Crippen LogP contribution in [0.25, 0.3) is 0 Å². The van der Waals surface area contributed by atoms with Crippen molar-refractivity contribution in [1.29, 1.82) is 0 Å². The van der Waals surface area contributed by atoms with Gasteiger partial charge in [0.25, 0.3) is 0 Å².